The highest BCUT2D eigenvalue weighted by atomic mass is 32.2. The van der Waals surface area contributed by atoms with Gasteiger partial charge in [-0.1, -0.05) is 12.1 Å². The minimum Gasteiger partial charge on any atom is -0.389 e. The van der Waals surface area contributed by atoms with Crippen LogP contribution in [0, 0.1) is 0 Å². The van der Waals surface area contributed by atoms with Crippen LogP contribution in [0.5, 0.6) is 0 Å². The third kappa shape index (κ3) is 3.33. The van der Waals surface area contributed by atoms with Crippen molar-refractivity contribution < 1.29 is 18.1 Å². The summed E-state index contributed by atoms with van der Waals surface area (Å²) in [6, 6.07) is 6.15. The summed E-state index contributed by atoms with van der Waals surface area (Å²) in [5, 5.41) is 9.21. The van der Waals surface area contributed by atoms with Crippen molar-refractivity contribution in [2.45, 2.75) is 13.0 Å². The molecule has 0 fully saturated rings. The fourth-order valence-corrected chi connectivity index (χ4v) is 1.44. The Labute approximate surface area is 82.3 Å². The molecule has 0 saturated carbocycles. The number of nitrogens with one attached hydrogen (secondary N) is 1. The van der Waals surface area contributed by atoms with E-state index in [-0.39, 0.29) is 5.69 Å². The number of hydrogen-bond donors (Lipinski definition) is 3. The topological polar surface area (TPSA) is 86.6 Å². The van der Waals surface area contributed by atoms with Gasteiger partial charge in [-0.25, -0.2) is 0 Å². The number of benzene rings is 1. The molecule has 1 rings (SSSR count). The van der Waals surface area contributed by atoms with E-state index in [1.54, 1.807) is 19.1 Å². The number of aliphatic hydroxyl groups excluding tert-OH is 1. The van der Waals surface area contributed by atoms with Gasteiger partial charge in [0.25, 0.3) is 0 Å². The molecule has 6 heteroatoms. The van der Waals surface area contributed by atoms with Crippen molar-refractivity contribution in [1.29, 1.82) is 0 Å². The van der Waals surface area contributed by atoms with Crippen LogP contribution in [0.2, 0.25) is 0 Å². The lowest BCUT2D eigenvalue weighted by Crippen LogP contribution is -2.10. The minimum absolute atomic E-state index is 0.214. The van der Waals surface area contributed by atoms with Crippen LogP contribution >= 0.6 is 0 Å². The molecule has 1 atom stereocenters. The quantitative estimate of drug-likeness (QED) is 0.658. The highest BCUT2D eigenvalue weighted by Crippen LogP contribution is 2.17. The van der Waals surface area contributed by atoms with Crippen molar-refractivity contribution in [3.8, 4) is 0 Å². The maximum Gasteiger partial charge on any atom is 0.357 e. The molecule has 3 N–H and O–H groups in total. The summed E-state index contributed by atoms with van der Waals surface area (Å²) in [5.74, 6) is 0. The molecule has 5 nitrogen and oxygen atoms in total. The zero-order valence-electron chi connectivity index (χ0n) is 7.51. The van der Waals surface area contributed by atoms with Crippen molar-refractivity contribution >= 4 is 16.0 Å². The van der Waals surface area contributed by atoms with Gasteiger partial charge >= 0.3 is 10.3 Å². The van der Waals surface area contributed by atoms with Crippen LogP contribution in [-0.2, 0) is 10.3 Å². The molecule has 0 bridgehead atoms. The second-order valence-electron chi connectivity index (χ2n) is 2.88. The van der Waals surface area contributed by atoms with Crippen LogP contribution < -0.4 is 4.72 Å². The number of hydrogen-bond acceptors (Lipinski definition) is 3. The third-order valence-corrected chi connectivity index (χ3v) is 2.11. The molecule has 14 heavy (non-hydrogen) atoms. The Morgan fingerprint density at radius 2 is 2.07 bits per heavy atom. The zero-order chi connectivity index (χ0) is 10.8. The first-order valence-corrected chi connectivity index (χ1v) is 5.36. The summed E-state index contributed by atoms with van der Waals surface area (Å²) in [7, 11) is -4.25. The smallest absolute Gasteiger partial charge is 0.357 e. The largest absolute Gasteiger partial charge is 0.389 e. The van der Waals surface area contributed by atoms with Gasteiger partial charge in [-0.05, 0) is 24.6 Å². The molecule has 0 aliphatic carbocycles. The normalized spacial score (nSPS) is 13.6. The highest BCUT2D eigenvalue weighted by molar-refractivity contribution is 7.87. The second-order valence-corrected chi connectivity index (χ2v) is 4.03. The van der Waals surface area contributed by atoms with Gasteiger partial charge in [0.15, 0.2) is 0 Å². The summed E-state index contributed by atoms with van der Waals surface area (Å²) in [4.78, 5) is 0. The molecule has 1 aromatic rings. The summed E-state index contributed by atoms with van der Waals surface area (Å²) < 4.78 is 31.3. The third-order valence-electron chi connectivity index (χ3n) is 1.62. The zero-order valence-corrected chi connectivity index (χ0v) is 8.32. The first-order valence-electron chi connectivity index (χ1n) is 3.92. The van der Waals surface area contributed by atoms with E-state index in [4.69, 9.17) is 4.55 Å². The highest BCUT2D eigenvalue weighted by Gasteiger charge is 2.06. The Kier molecular flexibility index (Phi) is 3.10. The van der Waals surface area contributed by atoms with Gasteiger partial charge in [-0.3, -0.25) is 9.27 Å². The van der Waals surface area contributed by atoms with Gasteiger partial charge in [-0.2, -0.15) is 8.42 Å². The van der Waals surface area contributed by atoms with Crippen LogP contribution in [0.25, 0.3) is 0 Å². The molecule has 1 unspecified atom stereocenters. The Bertz CT molecular complexity index is 413. The first-order chi connectivity index (χ1) is 6.38. The summed E-state index contributed by atoms with van der Waals surface area (Å²) in [6.07, 6.45) is -0.682. The van der Waals surface area contributed by atoms with Crippen molar-refractivity contribution in [3.05, 3.63) is 29.8 Å². The van der Waals surface area contributed by atoms with Crippen LogP contribution in [-0.4, -0.2) is 18.1 Å². The number of anilines is 1. The van der Waals surface area contributed by atoms with Gasteiger partial charge in [0.1, 0.15) is 0 Å². The van der Waals surface area contributed by atoms with Crippen molar-refractivity contribution in [3.63, 3.8) is 0 Å². The molecule has 0 radical (unpaired) electrons. The van der Waals surface area contributed by atoms with Gasteiger partial charge in [0.2, 0.25) is 0 Å². The van der Waals surface area contributed by atoms with E-state index in [2.05, 4.69) is 0 Å². The molecule has 0 saturated heterocycles. The van der Waals surface area contributed by atoms with Crippen molar-refractivity contribution in [1.82, 2.24) is 0 Å². The lowest BCUT2D eigenvalue weighted by Gasteiger charge is -2.07. The minimum atomic E-state index is -4.25. The van der Waals surface area contributed by atoms with Crippen LogP contribution in [0.1, 0.15) is 18.6 Å². The average molecular weight is 217 g/mol. The Balaban J connectivity index is 2.95. The molecule has 0 aliphatic heterocycles. The molecule has 0 heterocycles. The average Bonchev–Trinajstić information content (AvgIpc) is 2.01. The molecule has 78 valence electrons. The maximum atomic E-state index is 10.5. The van der Waals surface area contributed by atoms with Crippen LogP contribution in [0.3, 0.4) is 0 Å². The monoisotopic (exact) mass is 217 g/mol. The maximum absolute atomic E-state index is 10.5. The number of rotatable bonds is 3. The van der Waals surface area contributed by atoms with Crippen molar-refractivity contribution in [2.75, 3.05) is 4.72 Å². The molecule has 0 spiro atoms. The number of aliphatic hydroxyl groups is 1. The first kappa shape index (κ1) is 11.0. The molecular weight excluding hydrogens is 206 g/mol. The molecular formula is C8H11NO4S. The fourth-order valence-electron chi connectivity index (χ4n) is 1.01. The van der Waals surface area contributed by atoms with E-state index in [0.717, 1.165) is 0 Å². The summed E-state index contributed by atoms with van der Waals surface area (Å²) in [5.41, 5.74) is 0.782. The lowest BCUT2D eigenvalue weighted by molar-refractivity contribution is 0.199. The summed E-state index contributed by atoms with van der Waals surface area (Å²) in [6.45, 7) is 1.56. The predicted molar refractivity (Wildman–Crippen MR) is 52.2 cm³/mol. The second kappa shape index (κ2) is 3.95. The van der Waals surface area contributed by atoms with Crippen LogP contribution in [0.15, 0.2) is 24.3 Å². The SMILES string of the molecule is CC(O)c1cccc(NS(=O)(=O)O)c1. The van der Waals surface area contributed by atoms with Gasteiger partial charge < -0.3 is 5.11 Å². The van der Waals surface area contributed by atoms with E-state index in [9.17, 15) is 13.5 Å². The molecule has 0 aromatic heterocycles. The Hall–Kier alpha value is -1.11. The van der Waals surface area contributed by atoms with Gasteiger partial charge in [0, 0.05) is 0 Å². The lowest BCUT2D eigenvalue weighted by atomic mass is 10.1. The van der Waals surface area contributed by atoms with Gasteiger partial charge in [0.05, 0.1) is 11.8 Å². The molecule has 0 amide bonds. The van der Waals surface area contributed by atoms with E-state index in [1.165, 1.54) is 12.1 Å². The van der Waals surface area contributed by atoms with E-state index >= 15 is 0 Å². The standard InChI is InChI=1S/C8H11NO4S/c1-6(10)7-3-2-4-8(5-7)9-14(11,12)13/h2-6,9-10H,1H3,(H,11,12,13). The van der Waals surface area contributed by atoms with E-state index in [0.29, 0.717) is 5.56 Å². The predicted octanol–water partition coefficient (Wildman–Crippen LogP) is 0.955. The fraction of sp³-hybridized carbons (Fsp3) is 0.250. The van der Waals surface area contributed by atoms with E-state index < -0.39 is 16.4 Å². The molecule has 0 aliphatic rings. The van der Waals surface area contributed by atoms with Crippen molar-refractivity contribution in [2.24, 2.45) is 0 Å². The molecule has 1 aromatic carbocycles. The Morgan fingerprint density at radius 1 is 1.43 bits per heavy atom. The Morgan fingerprint density at radius 3 is 2.57 bits per heavy atom. The van der Waals surface area contributed by atoms with Gasteiger partial charge in [-0.15, -0.1) is 0 Å². The summed E-state index contributed by atoms with van der Waals surface area (Å²) >= 11 is 0. The van der Waals surface area contributed by atoms with Crippen LogP contribution in [0.4, 0.5) is 5.69 Å². The van der Waals surface area contributed by atoms with E-state index in [1.807, 2.05) is 4.72 Å².